The summed E-state index contributed by atoms with van der Waals surface area (Å²) < 4.78 is 0. The minimum absolute atomic E-state index is 0.0244. The van der Waals surface area contributed by atoms with Crippen molar-refractivity contribution < 1.29 is 9.59 Å². The third kappa shape index (κ3) is 7.55. The van der Waals surface area contributed by atoms with Crippen LogP contribution in [0.25, 0.3) is 0 Å². The van der Waals surface area contributed by atoms with Crippen LogP contribution >= 0.6 is 11.3 Å². The van der Waals surface area contributed by atoms with E-state index in [1.165, 1.54) is 23.8 Å². The summed E-state index contributed by atoms with van der Waals surface area (Å²) in [6.07, 6.45) is 2.08. The summed E-state index contributed by atoms with van der Waals surface area (Å²) in [5.41, 5.74) is 1.38. The highest BCUT2D eigenvalue weighted by Crippen LogP contribution is 2.16. The number of thiophene rings is 1. The van der Waals surface area contributed by atoms with E-state index in [0.29, 0.717) is 18.0 Å². The molecule has 0 unspecified atom stereocenters. The standard InChI is InChI=1S/C23H32N4O2S/c1-19(28)25-17-21-9-10-22(30-21)23(29)24-11-5-6-12-26-13-15-27(16-14-26)18-20-7-3-2-4-8-20/h2-4,7-10H,5-6,11-18H2,1H3,(H,24,29)(H,25,28). The number of hydrogen-bond donors (Lipinski definition) is 2. The summed E-state index contributed by atoms with van der Waals surface area (Å²) in [6, 6.07) is 14.4. The summed E-state index contributed by atoms with van der Waals surface area (Å²) >= 11 is 1.43. The maximum absolute atomic E-state index is 12.2. The molecular weight excluding hydrogens is 396 g/mol. The second-order valence-electron chi connectivity index (χ2n) is 7.74. The molecule has 1 aliphatic heterocycles. The number of benzene rings is 1. The summed E-state index contributed by atoms with van der Waals surface area (Å²) in [7, 11) is 0. The predicted molar refractivity (Wildman–Crippen MR) is 122 cm³/mol. The Hall–Kier alpha value is -2.22. The largest absolute Gasteiger partial charge is 0.351 e. The first-order chi connectivity index (χ1) is 14.6. The van der Waals surface area contributed by atoms with Crippen LogP contribution < -0.4 is 10.6 Å². The molecule has 2 N–H and O–H groups in total. The molecule has 0 bridgehead atoms. The first-order valence-corrected chi connectivity index (χ1v) is 11.5. The van der Waals surface area contributed by atoms with Gasteiger partial charge in [-0.2, -0.15) is 0 Å². The SMILES string of the molecule is CC(=O)NCc1ccc(C(=O)NCCCCN2CCN(Cc3ccccc3)CC2)s1. The van der Waals surface area contributed by atoms with Crippen LogP contribution in [-0.4, -0.2) is 60.9 Å². The van der Waals surface area contributed by atoms with Gasteiger partial charge in [0, 0.05) is 51.1 Å². The minimum Gasteiger partial charge on any atom is -0.351 e. The molecule has 0 saturated carbocycles. The number of piperazine rings is 1. The highest BCUT2D eigenvalue weighted by Gasteiger charge is 2.16. The van der Waals surface area contributed by atoms with Crippen molar-refractivity contribution in [1.29, 1.82) is 0 Å². The molecule has 2 heterocycles. The van der Waals surface area contributed by atoms with E-state index < -0.39 is 0 Å². The van der Waals surface area contributed by atoms with Crippen LogP contribution in [0.2, 0.25) is 0 Å². The van der Waals surface area contributed by atoms with Crippen LogP contribution in [0.5, 0.6) is 0 Å². The molecule has 0 radical (unpaired) electrons. The van der Waals surface area contributed by atoms with Crippen molar-refractivity contribution in [3.8, 4) is 0 Å². The molecular formula is C23H32N4O2S. The molecule has 1 aromatic carbocycles. The van der Waals surface area contributed by atoms with E-state index in [4.69, 9.17) is 0 Å². The fourth-order valence-corrected chi connectivity index (χ4v) is 4.43. The third-order valence-electron chi connectivity index (χ3n) is 5.30. The third-order valence-corrected chi connectivity index (χ3v) is 6.38. The molecule has 30 heavy (non-hydrogen) atoms. The molecule has 7 heteroatoms. The predicted octanol–water partition coefficient (Wildman–Crippen LogP) is 2.71. The Labute approximate surface area is 183 Å². The number of amides is 2. The van der Waals surface area contributed by atoms with Gasteiger partial charge in [-0.1, -0.05) is 30.3 Å². The highest BCUT2D eigenvalue weighted by molar-refractivity contribution is 7.14. The van der Waals surface area contributed by atoms with Gasteiger partial charge in [-0.05, 0) is 37.1 Å². The minimum atomic E-state index is -0.0630. The molecule has 1 aliphatic rings. The van der Waals surface area contributed by atoms with Crippen molar-refractivity contribution in [2.75, 3.05) is 39.3 Å². The van der Waals surface area contributed by atoms with Crippen LogP contribution in [0.15, 0.2) is 42.5 Å². The van der Waals surface area contributed by atoms with E-state index in [0.717, 1.165) is 57.0 Å². The van der Waals surface area contributed by atoms with Crippen molar-refractivity contribution in [3.63, 3.8) is 0 Å². The van der Waals surface area contributed by atoms with E-state index >= 15 is 0 Å². The van der Waals surface area contributed by atoms with Crippen molar-refractivity contribution in [1.82, 2.24) is 20.4 Å². The second kappa shape index (κ2) is 11.8. The first-order valence-electron chi connectivity index (χ1n) is 10.7. The first kappa shape index (κ1) is 22.5. The Morgan fingerprint density at radius 3 is 2.40 bits per heavy atom. The van der Waals surface area contributed by atoms with Crippen LogP contribution in [0.3, 0.4) is 0 Å². The van der Waals surface area contributed by atoms with Crippen molar-refractivity contribution in [2.24, 2.45) is 0 Å². The van der Waals surface area contributed by atoms with Gasteiger partial charge in [0.05, 0.1) is 11.4 Å². The molecule has 0 aliphatic carbocycles. The van der Waals surface area contributed by atoms with Gasteiger partial charge in [-0.3, -0.25) is 14.5 Å². The molecule has 1 saturated heterocycles. The summed E-state index contributed by atoms with van der Waals surface area (Å²) in [6.45, 7) is 9.26. The number of hydrogen-bond acceptors (Lipinski definition) is 5. The average Bonchev–Trinajstić information content (AvgIpc) is 3.23. The van der Waals surface area contributed by atoms with Crippen LogP contribution in [0.1, 0.15) is 39.9 Å². The Bertz CT molecular complexity index is 801. The van der Waals surface area contributed by atoms with Crippen LogP contribution in [0, 0.1) is 0 Å². The van der Waals surface area contributed by atoms with Gasteiger partial charge < -0.3 is 15.5 Å². The lowest BCUT2D eigenvalue weighted by Crippen LogP contribution is -2.46. The number of rotatable bonds is 10. The van der Waals surface area contributed by atoms with Gasteiger partial charge in [0.25, 0.3) is 5.91 Å². The van der Waals surface area contributed by atoms with Crippen LogP contribution in [-0.2, 0) is 17.9 Å². The summed E-state index contributed by atoms with van der Waals surface area (Å²) in [5.74, 6) is -0.0874. The zero-order valence-electron chi connectivity index (χ0n) is 17.7. The highest BCUT2D eigenvalue weighted by atomic mass is 32.1. The van der Waals surface area contributed by atoms with Gasteiger partial charge in [0.2, 0.25) is 5.91 Å². The molecule has 1 fully saturated rings. The normalized spacial score (nSPS) is 15.1. The lowest BCUT2D eigenvalue weighted by molar-refractivity contribution is -0.119. The zero-order chi connectivity index (χ0) is 21.2. The maximum Gasteiger partial charge on any atom is 0.261 e. The van der Waals surface area contributed by atoms with Gasteiger partial charge in [-0.15, -0.1) is 11.3 Å². The fraction of sp³-hybridized carbons (Fsp3) is 0.478. The Kier molecular flexibility index (Phi) is 8.86. The zero-order valence-corrected chi connectivity index (χ0v) is 18.5. The van der Waals surface area contributed by atoms with E-state index in [-0.39, 0.29) is 11.8 Å². The van der Waals surface area contributed by atoms with Gasteiger partial charge in [-0.25, -0.2) is 0 Å². The molecule has 3 rings (SSSR count). The van der Waals surface area contributed by atoms with E-state index in [1.54, 1.807) is 0 Å². The molecule has 2 aromatic rings. The average molecular weight is 429 g/mol. The van der Waals surface area contributed by atoms with Gasteiger partial charge in [0.15, 0.2) is 0 Å². The van der Waals surface area contributed by atoms with E-state index in [9.17, 15) is 9.59 Å². The Morgan fingerprint density at radius 1 is 0.933 bits per heavy atom. The Balaban J connectivity index is 1.25. The molecule has 6 nitrogen and oxygen atoms in total. The van der Waals surface area contributed by atoms with Crippen molar-refractivity contribution >= 4 is 23.2 Å². The molecule has 1 aromatic heterocycles. The molecule has 0 spiro atoms. The quantitative estimate of drug-likeness (QED) is 0.571. The van der Waals surface area contributed by atoms with Gasteiger partial charge in [0.1, 0.15) is 0 Å². The number of nitrogens with zero attached hydrogens (tertiary/aromatic N) is 2. The topological polar surface area (TPSA) is 64.7 Å². The number of carbonyl (C=O) groups is 2. The molecule has 162 valence electrons. The van der Waals surface area contributed by atoms with Gasteiger partial charge >= 0.3 is 0 Å². The number of nitrogens with one attached hydrogen (secondary N) is 2. The van der Waals surface area contributed by atoms with E-state index in [1.807, 2.05) is 12.1 Å². The lowest BCUT2D eigenvalue weighted by atomic mass is 10.2. The Morgan fingerprint density at radius 2 is 1.67 bits per heavy atom. The monoisotopic (exact) mass is 428 g/mol. The second-order valence-corrected chi connectivity index (χ2v) is 8.91. The smallest absolute Gasteiger partial charge is 0.261 e. The van der Waals surface area contributed by atoms with Crippen molar-refractivity contribution in [3.05, 3.63) is 57.8 Å². The summed E-state index contributed by atoms with van der Waals surface area (Å²) in [5, 5.41) is 5.76. The number of carbonyl (C=O) groups excluding carboxylic acids is 2. The van der Waals surface area contributed by atoms with Crippen molar-refractivity contribution in [2.45, 2.75) is 32.9 Å². The maximum atomic E-state index is 12.2. The fourth-order valence-electron chi connectivity index (χ4n) is 3.57. The lowest BCUT2D eigenvalue weighted by Gasteiger charge is -2.34. The number of unbranched alkanes of at least 4 members (excludes halogenated alkanes) is 1. The molecule has 2 amide bonds. The van der Waals surface area contributed by atoms with Crippen LogP contribution in [0.4, 0.5) is 0 Å². The summed E-state index contributed by atoms with van der Waals surface area (Å²) in [4.78, 5) is 29.9. The molecule has 0 atom stereocenters. The van der Waals surface area contributed by atoms with E-state index in [2.05, 4.69) is 50.8 Å².